The summed E-state index contributed by atoms with van der Waals surface area (Å²) in [6, 6.07) is 0. The van der Waals surface area contributed by atoms with Gasteiger partial charge in [0.15, 0.2) is 0 Å². The molecule has 0 aliphatic rings. The highest BCUT2D eigenvalue weighted by Gasteiger charge is 2.89. The van der Waals surface area contributed by atoms with Gasteiger partial charge in [-0.25, -0.2) is 0 Å². The molecule has 1 N–H and O–H groups in total. The summed E-state index contributed by atoms with van der Waals surface area (Å²) in [7, 11) is -7.41. The molecule has 16 heteroatoms. The molecule has 0 atom stereocenters. The van der Waals surface area contributed by atoms with Crippen molar-refractivity contribution < 1.29 is 61.3 Å². The van der Waals surface area contributed by atoms with Crippen LogP contribution in [0, 0.1) is 0 Å². The van der Waals surface area contributed by atoms with Gasteiger partial charge in [0.1, 0.15) is 0 Å². The molecule has 0 aliphatic heterocycles. The molecule has 0 aromatic carbocycles. The molecular weight excluding hydrogens is 385 g/mol. The van der Waals surface area contributed by atoms with Gasteiger partial charge in [0.2, 0.25) is 0 Å². The predicted molar refractivity (Wildman–Crippen MR) is 44.6 cm³/mol. The molecule has 0 saturated carbocycles. The van der Waals surface area contributed by atoms with E-state index >= 15 is 0 Å². The largest absolute Gasteiger partial charge is 0.460 e. The van der Waals surface area contributed by atoms with Crippen molar-refractivity contribution in [2.75, 3.05) is 0 Å². The molecule has 0 spiro atoms. The van der Waals surface area contributed by atoms with Gasteiger partial charge in [0.25, 0.3) is 0 Å². The second-order valence-corrected chi connectivity index (χ2v) is 4.68. The molecule has 0 rings (SSSR count). The Morgan fingerprint density at radius 2 is 0.905 bits per heavy atom. The van der Waals surface area contributed by atoms with Gasteiger partial charge in [-0.3, -0.25) is 4.55 Å². The Kier molecular flexibility index (Phi) is 5.68. The van der Waals surface area contributed by atoms with E-state index in [1.165, 1.54) is 0 Å². The van der Waals surface area contributed by atoms with Crippen molar-refractivity contribution in [2.24, 2.45) is 0 Å². The maximum atomic E-state index is 12.5. The zero-order valence-corrected chi connectivity index (χ0v) is 10.4. The molecule has 0 saturated heterocycles. The van der Waals surface area contributed by atoms with Crippen LogP contribution in [-0.4, -0.2) is 42.2 Å². The molecule has 0 heterocycles. The van der Waals surface area contributed by atoms with E-state index < -0.39 is 39.3 Å². The van der Waals surface area contributed by atoms with Crippen LogP contribution in [0.5, 0.6) is 0 Å². The van der Waals surface area contributed by atoms with Crippen molar-refractivity contribution in [3.8, 4) is 0 Å². The Hall–Kier alpha value is -0.570. The van der Waals surface area contributed by atoms with Gasteiger partial charge in [-0.2, -0.15) is 56.7 Å². The van der Waals surface area contributed by atoms with E-state index in [9.17, 15) is 56.7 Å². The van der Waals surface area contributed by atoms with Gasteiger partial charge < -0.3 is 0 Å². The van der Waals surface area contributed by atoms with Crippen LogP contribution in [0.3, 0.4) is 0 Å². The molecule has 0 amide bonds. The standard InChI is InChI=1S/C5HF11O3S.ClH/c6-1(7,2(8,9)4(12,13)14)3(10,11)5(15,16)20(17,18)19;/h(H,17,18,19);1H. The van der Waals surface area contributed by atoms with Crippen LogP contribution in [0.25, 0.3) is 0 Å². The van der Waals surface area contributed by atoms with Gasteiger partial charge in [-0.1, -0.05) is 0 Å². The summed E-state index contributed by atoms with van der Waals surface area (Å²) in [5, 5.41) is -7.29. The highest BCUT2D eigenvalue weighted by Crippen LogP contribution is 2.58. The predicted octanol–water partition coefficient (Wildman–Crippen LogP) is 3.36. The van der Waals surface area contributed by atoms with Crippen molar-refractivity contribution in [3.05, 3.63) is 0 Å². The SMILES string of the molecule is Cl.O=S(=O)(O)C(F)(F)C(F)(F)C(F)(F)C(F)(F)C(F)(F)F. The van der Waals surface area contributed by atoms with E-state index in [-0.39, 0.29) is 12.4 Å². The summed E-state index contributed by atoms with van der Waals surface area (Å²) < 4.78 is 161. The average Bonchev–Trinajstić information content (AvgIpc) is 2.12. The zero-order valence-electron chi connectivity index (χ0n) is 8.74. The van der Waals surface area contributed by atoms with E-state index in [0.29, 0.717) is 0 Å². The summed E-state index contributed by atoms with van der Waals surface area (Å²) in [5.74, 6) is -23.3. The number of hydrogen-bond acceptors (Lipinski definition) is 2. The fourth-order valence-electron chi connectivity index (χ4n) is 0.720. The summed E-state index contributed by atoms with van der Waals surface area (Å²) in [5.41, 5.74) is 0. The Bertz CT molecular complexity index is 481. The Labute approximate surface area is 114 Å². The van der Waals surface area contributed by atoms with Gasteiger partial charge in [-0.15, -0.1) is 12.4 Å². The Morgan fingerprint density at radius 3 is 1.10 bits per heavy atom. The molecule has 130 valence electrons. The van der Waals surface area contributed by atoms with Gasteiger partial charge >= 0.3 is 39.3 Å². The van der Waals surface area contributed by atoms with Crippen LogP contribution in [0.2, 0.25) is 0 Å². The monoisotopic (exact) mass is 386 g/mol. The van der Waals surface area contributed by atoms with Crippen LogP contribution >= 0.6 is 12.4 Å². The van der Waals surface area contributed by atoms with Crippen molar-refractivity contribution in [1.29, 1.82) is 0 Å². The lowest BCUT2D eigenvalue weighted by atomic mass is 10.0. The molecule has 0 fully saturated rings. The quantitative estimate of drug-likeness (QED) is 0.595. The summed E-state index contributed by atoms with van der Waals surface area (Å²) in [6.07, 6.45) is -7.39. The van der Waals surface area contributed by atoms with Crippen LogP contribution in [0.1, 0.15) is 0 Å². The first-order chi connectivity index (χ1) is 8.25. The molecule has 0 bridgehead atoms. The highest BCUT2D eigenvalue weighted by molar-refractivity contribution is 7.87. The first-order valence-electron chi connectivity index (χ1n) is 3.80. The van der Waals surface area contributed by atoms with Gasteiger partial charge in [-0.05, 0) is 0 Å². The minimum atomic E-state index is -7.86. The van der Waals surface area contributed by atoms with Crippen LogP contribution in [-0.2, 0) is 10.1 Å². The van der Waals surface area contributed by atoms with E-state index in [0.717, 1.165) is 0 Å². The lowest BCUT2D eigenvalue weighted by molar-refractivity contribution is -0.413. The van der Waals surface area contributed by atoms with Crippen molar-refractivity contribution in [3.63, 3.8) is 0 Å². The van der Waals surface area contributed by atoms with E-state index in [2.05, 4.69) is 0 Å². The maximum absolute atomic E-state index is 12.5. The first kappa shape index (κ1) is 22.7. The zero-order chi connectivity index (χ0) is 17.0. The molecule has 0 unspecified atom stereocenters. The molecular formula is C5H2ClF11O3S. The van der Waals surface area contributed by atoms with Crippen LogP contribution < -0.4 is 0 Å². The average molecular weight is 387 g/mol. The van der Waals surface area contributed by atoms with Gasteiger partial charge in [0.05, 0.1) is 0 Å². The first-order valence-corrected chi connectivity index (χ1v) is 5.24. The van der Waals surface area contributed by atoms with Crippen LogP contribution in [0.15, 0.2) is 0 Å². The number of rotatable bonds is 4. The fraction of sp³-hybridized carbons (Fsp3) is 1.00. The second-order valence-electron chi connectivity index (χ2n) is 3.21. The lowest BCUT2D eigenvalue weighted by Crippen LogP contribution is -2.67. The van der Waals surface area contributed by atoms with E-state index in [4.69, 9.17) is 4.55 Å². The Morgan fingerprint density at radius 1 is 0.619 bits per heavy atom. The Balaban J connectivity index is 0. The molecule has 3 nitrogen and oxygen atoms in total. The molecule has 0 aromatic rings. The molecule has 0 aliphatic carbocycles. The molecule has 0 aromatic heterocycles. The van der Waals surface area contributed by atoms with E-state index in [1.807, 2.05) is 0 Å². The molecule has 21 heavy (non-hydrogen) atoms. The normalized spacial score (nSPS) is 15.6. The molecule has 0 radical (unpaired) electrons. The van der Waals surface area contributed by atoms with Crippen molar-refractivity contribution >= 4 is 22.5 Å². The smallest absolute Gasteiger partial charge is 0.281 e. The van der Waals surface area contributed by atoms with Crippen LogP contribution in [0.4, 0.5) is 48.3 Å². The number of halogens is 12. The third-order valence-electron chi connectivity index (χ3n) is 1.83. The topological polar surface area (TPSA) is 54.4 Å². The summed E-state index contributed by atoms with van der Waals surface area (Å²) >= 11 is 0. The third-order valence-corrected chi connectivity index (χ3v) is 2.74. The second kappa shape index (κ2) is 5.26. The lowest BCUT2D eigenvalue weighted by Gasteiger charge is -2.35. The minimum absolute atomic E-state index is 0. The maximum Gasteiger partial charge on any atom is 0.460 e. The fourth-order valence-corrected chi connectivity index (χ4v) is 1.17. The summed E-state index contributed by atoms with van der Waals surface area (Å²) in [6.45, 7) is 0. The summed E-state index contributed by atoms with van der Waals surface area (Å²) in [4.78, 5) is 0. The van der Waals surface area contributed by atoms with Gasteiger partial charge in [0, 0.05) is 0 Å². The third kappa shape index (κ3) is 2.99. The van der Waals surface area contributed by atoms with E-state index in [1.54, 1.807) is 0 Å². The highest BCUT2D eigenvalue weighted by atomic mass is 35.5. The number of alkyl halides is 11. The van der Waals surface area contributed by atoms with Crippen molar-refractivity contribution in [1.82, 2.24) is 0 Å². The van der Waals surface area contributed by atoms with Crippen molar-refractivity contribution in [2.45, 2.75) is 29.2 Å². The minimum Gasteiger partial charge on any atom is -0.281 e. The number of hydrogen-bond donors (Lipinski definition) is 1.